The molecule has 0 amide bonds. The molecule has 4 nitrogen and oxygen atoms in total. The van der Waals surface area contributed by atoms with Crippen molar-refractivity contribution < 1.29 is 0 Å². The maximum Gasteiger partial charge on any atom is 0.308 e. The summed E-state index contributed by atoms with van der Waals surface area (Å²) in [5.41, 5.74) is 2.96. The third-order valence-electron chi connectivity index (χ3n) is 5.76. The average Bonchev–Trinajstić information content (AvgIpc) is 3.26. The number of likely N-dealkylation sites (tertiary alicyclic amines) is 1. The number of fused-ring (bicyclic) bond motifs is 1. The molecular weight excluding hydrogens is 389 g/mol. The van der Waals surface area contributed by atoms with Gasteiger partial charge in [-0.1, -0.05) is 30.7 Å². The number of hydrogen-bond donors (Lipinski definition) is 1. The summed E-state index contributed by atoms with van der Waals surface area (Å²) in [6, 6.07) is 6.53. The summed E-state index contributed by atoms with van der Waals surface area (Å²) in [4.78, 5) is 15.2. The van der Waals surface area contributed by atoms with E-state index in [2.05, 4.69) is 35.3 Å². The number of nitrogens with zero attached hydrogens (tertiary/aromatic N) is 2. The molecule has 0 saturated carbocycles. The first kappa shape index (κ1) is 21.7. The molecule has 7 heteroatoms. The Morgan fingerprint density at radius 1 is 1.23 bits per heavy atom. The van der Waals surface area contributed by atoms with Crippen molar-refractivity contribution in [2.45, 2.75) is 39.2 Å². The fourth-order valence-corrected chi connectivity index (χ4v) is 5.35. The van der Waals surface area contributed by atoms with Gasteiger partial charge in [0, 0.05) is 26.2 Å². The zero-order chi connectivity index (χ0) is 16.6. The third-order valence-corrected chi connectivity index (χ3v) is 6.70. The molecule has 1 atom stereocenters. The van der Waals surface area contributed by atoms with Gasteiger partial charge in [0.25, 0.3) is 0 Å². The Hall–Kier alpha value is -0.590. The minimum absolute atomic E-state index is 0. The molecule has 1 aromatic heterocycles. The second kappa shape index (κ2) is 9.07. The summed E-state index contributed by atoms with van der Waals surface area (Å²) < 4.78 is 3.12. The lowest BCUT2D eigenvalue weighted by atomic mass is 9.87. The topological polar surface area (TPSA) is 37.3 Å². The predicted octanol–water partition coefficient (Wildman–Crippen LogP) is 3.54. The zero-order valence-corrected chi connectivity index (χ0v) is 17.8. The van der Waals surface area contributed by atoms with Gasteiger partial charge in [0.15, 0.2) is 0 Å². The van der Waals surface area contributed by atoms with Crippen LogP contribution in [0.15, 0.2) is 23.0 Å². The molecule has 1 aromatic carbocycles. The van der Waals surface area contributed by atoms with Crippen LogP contribution in [0.2, 0.25) is 0 Å². The first-order chi connectivity index (χ1) is 11.7. The van der Waals surface area contributed by atoms with Crippen LogP contribution in [0.1, 0.15) is 31.7 Å². The van der Waals surface area contributed by atoms with Crippen LogP contribution >= 0.6 is 36.2 Å². The van der Waals surface area contributed by atoms with Gasteiger partial charge in [0.1, 0.15) is 0 Å². The van der Waals surface area contributed by atoms with Crippen molar-refractivity contribution in [1.82, 2.24) is 14.8 Å². The van der Waals surface area contributed by atoms with Crippen molar-refractivity contribution >= 4 is 46.4 Å². The molecule has 1 N–H and O–H groups in total. The van der Waals surface area contributed by atoms with Crippen LogP contribution in [0, 0.1) is 5.41 Å². The Balaban J connectivity index is 0.00000121. The van der Waals surface area contributed by atoms with Crippen molar-refractivity contribution in [3.8, 4) is 0 Å². The van der Waals surface area contributed by atoms with Crippen molar-refractivity contribution in [2.75, 3.05) is 32.7 Å². The Kier molecular flexibility index (Phi) is 7.57. The van der Waals surface area contributed by atoms with Crippen LogP contribution < -0.4 is 10.2 Å². The summed E-state index contributed by atoms with van der Waals surface area (Å²) >= 11 is 1.40. The summed E-state index contributed by atoms with van der Waals surface area (Å²) in [5.74, 6) is 0. The summed E-state index contributed by atoms with van der Waals surface area (Å²) in [6.07, 6.45) is 4.85. The number of benzene rings is 1. The van der Waals surface area contributed by atoms with Crippen molar-refractivity contribution in [3.05, 3.63) is 33.4 Å². The number of hydrogen-bond acceptors (Lipinski definition) is 4. The SMILES string of the molecule is CCCc1ccc2c(c1)sc(=O)n2CCN1CCC2(CCNC2)C1.Cl.Cl. The molecule has 4 rings (SSSR count). The minimum Gasteiger partial charge on any atom is -0.316 e. The lowest BCUT2D eigenvalue weighted by Crippen LogP contribution is -2.32. The van der Waals surface area contributed by atoms with Crippen LogP contribution in [-0.4, -0.2) is 42.2 Å². The van der Waals surface area contributed by atoms with Gasteiger partial charge in [0.2, 0.25) is 0 Å². The number of aromatic nitrogens is 1. The van der Waals surface area contributed by atoms with E-state index in [1.807, 2.05) is 4.57 Å². The molecule has 2 aliphatic rings. The Bertz CT molecular complexity index is 783. The molecule has 3 heterocycles. The molecule has 0 bridgehead atoms. The monoisotopic (exact) mass is 417 g/mol. The Labute approximate surface area is 171 Å². The predicted molar refractivity (Wildman–Crippen MR) is 116 cm³/mol. The van der Waals surface area contributed by atoms with Crippen LogP contribution in [0.4, 0.5) is 0 Å². The molecule has 0 aliphatic carbocycles. The normalized spacial score (nSPS) is 22.7. The average molecular weight is 418 g/mol. The quantitative estimate of drug-likeness (QED) is 0.807. The van der Waals surface area contributed by atoms with E-state index in [-0.39, 0.29) is 29.7 Å². The smallest absolute Gasteiger partial charge is 0.308 e. The van der Waals surface area contributed by atoms with Crippen LogP contribution in [-0.2, 0) is 13.0 Å². The van der Waals surface area contributed by atoms with Gasteiger partial charge in [0.05, 0.1) is 10.2 Å². The number of halogens is 2. The highest BCUT2D eigenvalue weighted by Crippen LogP contribution is 2.35. The van der Waals surface area contributed by atoms with Gasteiger partial charge in [-0.05, 0) is 55.5 Å². The van der Waals surface area contributed by atoms with Crippen molar-refractivity contribution in [2.24, 2.45) is 5.41 Å². The van der Waals surface area contributed by atoms with Gasteiger partial charge in [-0.15, -0.1) is 24.8 Å². The molecule has 2 fully saturated rings. The molecule has 2 aromatic rings. The van der Waals surface area contributed by atoms with E-state index in [4.69, 9.17) is 0 Å². The van der Waals surface area contributed by atoms with E-state index in [0.717, 1.165) is 36.1 Å². The molecule has 1 unspecified atom stereocenters. The van der Waals surface area contributed by atoms with Crippen LogP contribution in [0.25, 0.3) is 10.2 Å². The first-order valence-electron chi connectivity index (χ1n) is 9.24. The Morgan fingerprint density at radius 3 is 2.81 bits per heavy atom. The van der Waals surface area contributed by atoms with Gasteiger partial charge in [-0.25, -0.2) is 0 Å². The number of thiazole rings is 1. The summed E-state index contributed by atoms with van der Waals surface area (Å²) in [5, 5.41) is 3.51. The van der Waals surface area contributed by atoms with E-state index >= 15 is 0 Å². The van der Waals surface area contributed by atoms with Gasteiger partial charge >= 0.3 is 4.87 Å². The molecule has 146 valence electrons. The van der Waals surface area contributed by atoms with Crippen molar-refractivity contribution in [1.29, 1.82) is 0 Å². The summed E-state index contributed by atoms with van der Waals surface area (Å²) in [6.45, 7) is 8.71. The van der Waals surface area contributed by atoms with Gasteiger partial charge in [-0.2, -0.15) is 0 Å². The van der Waals surface area contributed by atoms with Crippen LogP contribution in [0.5, 0.6) is 0 Å². The highest BCUT2D eigenvalue weighted by Gasteiger charge is 2.39. The van der Waals surface area contributed by atoms with Crippen LogP contribution in [0.3, 0.4) is 0 Å². The number of rotatable bonds is 5. The van der Waals surface area contributed by atoms with E-state index < -0.39 is 0 Å². The maximum atomic E-state index is 12.4. The fourth-order valence-electron chi connectivity index (χ4n) is 4.37. The maximum absolute atomic E-state index is 12.4. The standard InChI is InChI=1S/C19H27N3OS.2ClH/c1-2-3-15-4-5-16-17(12-15)24-18(23)22(16)11-10-21-9-7-19(14-21)6-8-20-13-19;;/h4-5,12,20H,2-3,6-11,13-14H2,1H3;2*1H. The van der Waals surface area contributed by atoms with E-state index in [9.17, 15) is 4.79 Å². The fraction of sp³-hybridized carbons (Fsp3) is 0.632. The molecular formula is C19H29Cl2N3OS. The molecule has 2 aliphatic heterocycles. The third kappa shape index (κ3) is 4.28. The first-order valence-corrected chi connectivity index (χ1v) is 10.1. The number of aryl methyl sites for hydroxylation is 1. The molecule has 2 saturated heterocycles. The molecule has 0 radical (unpaired) electrons. The van der Waals surface area contributed by atoms with Crippen molar-refractivity contribution in [3.63, 3.8) is 0 Å². The molecule has 1 spiro atoms. The lowest BCUT2D eigenvalue weighted by Gasteiger charge is -2.22. The van der Waals surface area contributed by atoms with E-state index in [0.29, 0.717) is 5.41 Å². The molecule has 26 heavy (non-hydrogen) atoms. The zero-order valence-electron chi connectivity index (χ0n) is 15.3. The second-order valence-corrected chi connectivity index (χ2v) is 8.52. The number of nitrogens with one attached hydrogen (secondary N) is 1. The van der Waals surface area contributed by atoms with E-state index in [1.165, 1.54) is 55.9 Å². The largest absolute Gasteiger partial charge is 0.316 e. The minimum atomic E-state index is 0. The van der Waals surface area contributed by atoms with Gasteiger partial charge in [-0.3, -0.25) is 9.36 Å². The second-order valence-electron chi connectivity index (χ2n) is 7.52. The summed E-state index contributed by atoms with van der Waals surface area (Å²) in [7, 11) is 0. The Morgan fingerprint density at radius 2 is 2.08 bits per heavy atom. The van der Waals surface area contributed by atoms with Gasteiger partial charge < -0.3 is 10.2 Å². The lowest BCUT2D eigenvalue weighted by molar-refractivity contribution is 0.267. The van der Waals surface area contributed by atoms with E-state index in [1.54, 1.807) is 0 Å². The highest BCUT2D eigenvalue weighted by molar-refractivity contribution is 7.16. The highest BCUT2D eigenvalue weighted by atomic mass is 35.5.